The van der Waals surface area contributed by atoms with E-state index in [4.69, 9.17) is 17.3 Å². The van der Waals surface area contributed by atoms with Crippen molar-refractivity contribution in [3.8, 4) is 10.6 Å². The molecule has 1 heterocycles. The Balaban J connectivity index is 2.04. The summed E-state index contributed by atoms with van der Waals surface area (Å²) in [4.78, 5) is 27.8. The van der Waals surface area contributed by atoms with Gasteiger partial charge in [-0.2, -0.15) is 0 Å². The van der Waals surface area contributed by atoms with E-state index in [1.165, 1.54) is 11.3 Å². The number of thiazole rings is 1. The highest BCUT2D eigenvalue weighted by Gasteiger charge is 2.15. The number of primary amides is 1. The Morgan fingerprint density at radius 3 is 2.64 bits per heavy atom. The number of aromatic nitrogens is 1. The van der Waals surface area contributed by atoms with Gasteiger partial charge in [-0.15, -0.1) is 11.3 Å². The molecule has 0 atom stereocenters. The van der Waals surface area contributed by atoms with Crippen LogP contribution in [0.4, 0.5) is 0 Å². The molecule has 0 aliphatic rings. The molecule has 0 bridgehead atoms. The number of benzene rings is 1. The lowest BCUT2D eigenvalue weighted by Crippen LogP contribution is -2.25. The van der Waals surface area contributed by atoms with E-state index in [1.807, 2.05) is 12.1 Å². The highest BCUT2D eigenvalue weighted by atomic mass is 35.5. The maximum absolute atomic E-state index is 12.1. The number of hydrogen-bond acceptors (Lipinski definition) is 4. The third-order valence-electron chi connectivity index (χ3n) is 2.98. The van der Waals surface area contributed by atoms with Gasteiger partial charge in [-0.1, -0.05) is 23.7 Å². The maximum Gasteiger partial charge on any atom is 0.263 e. The largest absolute Gasteiger partial charge is 0.370 e. The highest BCUT2D eigenvalue weighted by molar-refractivity contribution is 7.17. The summed E-state index contributed by atoms with van der Waals surface area (Å²) in [6.07, 6.45) is 0.793. The number of nitrogens with zero attached hydrogens (tertiary/aromatic N) is 1. The van der Waals surface area contributed by atoms with Crippen LogP contribution < -0.4 is 11.1 Å². The highest BCUT2D eigenvalue weighted by Crippen LogP contribution is 2.28. The molecule has 7 heteroatoms. The molecule has 2 amide bonds. The van der Waals surface area contributed by atoms with Crippen LogP contribution in [0.25, 0.3) is 10.6 Å². The standard InChI is InChI=1S/C15H16ClN3O2S/c1-9-13(14(21)18-8-2-3-12(17)20)22-15(19-9)10-4-6-11(16)7-5-10/h4-7H,2-3,8H2,1H3,(H2,17,20)(H,18,21). The Bertz CT molecular complexity index is 683. The summed E-state index contributed by atoms with van der Waals surface area (Å²) < 4.78 is 0. The van der Waals surface area contributed by atoms with Crippen LogP contribution in [0, 0.1) is 6.92 Å². The molecule has 2 rings (SSSR count). The number of rotatable bonds is 6. The minimum absolute atomic E-state index is 0.181. The van der Waals surface area contributed by atoms with E-state index in [-0.39, 0.29) is 18.2 Å². The molecule has 0 saturated carbocycles. The predicted molar refractivity (Wildman–Crippen MR) is 88.1 cm³/mol. The molecular weight excluding hydrogens is 322 g/mol. The first kappa shape index (κ1) is 16.5. The molecule has 0 unspecified atom stereocenters. The molecule has 0 saturated heterocycles. The Kier molecular flexibility index (Phi) is 5.51. The van der Waals surface area contributed by atoms with Crippen molar-refractivity contribution in [3.05, 3.63) is 39.9 Å². The molecule has 116 valence electrons. The number of nitrogens with one attached hydrogen (secondary N) is 1. The summed E-state index contributed by atoms with van der Waals surface area (Å²) in [5, 5.41) is 4.20. The summed E-state index contributed by atoms with van der Waals surface area (Å²) in [6, 6.07) is 7.32. The smallest absolute Gasteiger partial charge is 0.263 e. The number of carbonyl (C=O) groups is 2. The van der Waals surface area contributed by atoms with Crippen molar-refractivity contribution in [1.29, 1.82) is 0 Å². The fraction of sp³-hybridized carbons (Fsp3) is 0.267. The average Bonchev–Trinajstić information content (AvgIpc) is 2.86. The van der Waals surface area contributed by atoms with Gasteiger partial charge in [-0.25, -0.2) is 4.98 Å². The van der Waals surface area contributed by atoms with E-state index in [0.717, 1.165) is 10.6 Å². The minimum atomic E-state index is -0.367. The Morgan fingerprint density at radius 1 is 1.32 bits per heavy atom. The van der Waals surface area contributed by atoms with Crippen molar-refractivity contribution < 1.29 is 9.59 Å². The summed E-state index contributed by atoms with van der Waals surface area (Å²) >= 11 is 7.20. The van der Waals surface area contributed by atoms with E-state index in [1.54, 1.807) is 19.1 Å². The first-order valence-electron chi connectivity index (χ1n) is 6.77. The van der Waals surface area contributed by atoms with Crippen LogP contribution in [0.5, 0.6) is 0 Å². The maximum atomic E-state index is 12.1. The zero-order chi connectivity index (χ0) is 16.1. The third kappa shape index (κ3) is 4.29. The third-order valence-corrected chi connectivity index (χ3v) is 4.44. The van der Waals surface area contributed by atoms with E-state index in [0.29, 0.717) is 28.6 Å². The molecule has 0 spiro atoms. The van der Waals surface area contributed by atoms with Crippen LogP contribution in [-0.2, 0) is 4.79 Å². The lowest BCUT2D eigenvalue weighted by molar-refractivity contribution is -0.118. The van der Waals surface area contributed by atoms with Gasteiger partial charge in [0.25, 0.3) is 5.91 Å². The second-order valence-corrected chi connectivity index (χ2v) is 6.20. The lowest BCUT2D eigenvalue weighted by Gasteiger charge is -2.02. The van der Waals surface area contributed by atoms with Crippen LogP contribution in [0.3, 0.4) is 0 Å². The van der Waals surface area contributed by atoms with Crippen LogP contribution in [0.15, 0.2) is 24.3 Å². The zero-order valence-corrected chi connectivity index (χ0v) is 13.6. The Hall–Kier alpha value is -1.92. The van der Waals surface area contributed by atoms with Gasteiger partial charge in [0.2, 0.25) is 5.91 Å². The normalized spacial score (nSPS) is 10.5. The monoisotopic (exact) mass is 337 g/mol. The molecule has 0 radical (unpaired) electrons. The van der Waals surface area contributed by atoms with Gasteiger partial charge in [0, 0.05) is 23.6 Å². The van der Waals surface area contributed by atoms with Gasteiger partial charge >= 0.3 is 0 Å². The summed E-state index contributed by atoms with van der Waals surface area (Å²) in [5.74, 6) is -0.548. The first-order chi connectivity index (χ1) is 10.5. The molecule has 0 aliphatic carbocycles. The zero-order valence-electron chi connectivity index (χ0n) is 12.1. The van der Waals surface area contributed by atoms with Crippen molar-refractivity contribution in [2.45, 2.75) is 19.8 Å². The molecule has 0 aliphatic heterocycles. The quantitative estimate of drug-likeness (QED) is 0.795. The second-order valence-electron chi connectivity index (χ2n) is 4.77. The van der Waals surface area contributed by atoms with Crippen molar-refractivity contribution in [3.63, 3.8) is 0 Å². The van der Waals surface area contributed by atoms with E-state index in [2.05, 4.69) is 10.3 Å². The topological polar surface area (TPSA) is 85.1 Å². The lowest BCUT2D eigenvalue weighted by atomic mass is 10.2. The van der Waals surface area contributed by atoms with Gasteiger partial charge in [-0.05, 0) is 25.5 Å². The molecule has 0 fully saturated rings. The van der Waals surface area contributed by atoms with Gasteiger partial charge in [0.1, 0.15) is 9.88 Å². The van der Waals surface area contributed by atoms with Crippen molar-refractivity contribution in [1.82, 2.24) is 10.3 Å². The van der Waals surface area contributed by atoms with Crippen LogP contribution >= 0.6 is 22.9 Å². The predicted octanol–water partition coefficient (Wildman–Crippen LogP) is 2.77. The first-order valence-corrected chi connectivity index (χ1v) is 7.96. The number of carbonyl (C=O) groups excluding carboxylic acids is 2. The molecule has 1 aromatic carbocycles. The summed E-state index contributed by atoms with van der Waals surface area (Å²) in [6.45, 7) is 2.21. The van der Waals surface area contributed by atoms with Gasteiger partial charge in [0.15, 0.2) is 0 Å². The second kappa shape index (κ2) is 7.38. The Labute approximate surface area is 137 Å². The number of amides is 2. The molecular formula is C15H16ClN3O2S. The molecule has 3 N–H and O–H groups in total. The minimum Gasteiger partial charge on any atom is -0.370 e. The number of hydrogen-bond donors (Lipinski definition) is 2. The Morgan fingerprint density at radius 2 is 2.00 bits per heavy atom. The summed E-state index contributed by atoms with van der Waals surface area (Å²) in [7, 11) is 0. The fourth-order valence-electron chi connectivity index (χ4n) is 1.87. The van der Waals surface area contributed by atoms with Crippen LogP contribution in [0.2, 0.25) is 5.02 Å². The molecule has 2 aromatic rings. The van der Waals surface area contributed by atoms with Crippen molar-refractivity contribution in [2.24, 2.45) is 5.73 Å². The van der Waals surface area contributed by atoms with Crippen molar-refractivity contribution >= 4 is 34.8 Å². The fourth-order valence-corrected chi connectivity index (χ4v) is 2.98. The number of halogens is 1. The van der Waals surface area contributed by atoms with Gasteiger partial charge in [0.05, 0.1) is 5.69 Å². The molecule has 1 aromatic heterocycles. The summed E-state index contributed by atoms with van der Waals surface area (Å²) in [5.41, 5.74) is 6.66. The van der Waals surface area contributed by atoms with E-state index in [9.17, 15) is 9.59 Å². The average molecular weight is 338 g/mol. The number of aryl methyl sites for hydroxylation is 1. The van der Waals surface area contributed by atoms with Crippen LogP contribution in [-0.4, -0.2) is 23.3 Å². The van der Waals surface area contributed by atoms with Gasteiger partial charge < -0.3 is 11.1 Å². The SMILES string of the molecule is Cc1nc(-c2ccc(Cl)cc2)sc1C(=O)NCCCC(N)=O. The van der Waals surface area contributed by atoms with E-state index < -0.39 is 0 Å². The molecule has 5 nitrogen and oxygen atoms in total. The van der Waals surface area contributed by atoms with Crippen molar-refractivity contribution in [2.75, 3.05) is 6.54 Å². The number of nitrogens with two attached hydrogens (primary N) is 1. The molecule has 22 heavy (non-hydrogen) atoms. The van der Waals surface area contributed by atoms with E-state index >= 15 is 0 Å². The van der Waals surface area contributed by atoms with Gasteiger partial charge in [-0.3, -0.25) is 9.59 Å². The van der Waals surface area contributed by atoms with Crippen LogP contribution in [0.1, 0.15) is 28.2 Å².